The molecular weight excluding hydrogens is 343 g/mol. The van der Waals surface area contributed by atoms with E-state index in [2.05, 4.69) is 4.98 Å². The van der Waals surface area contributed by atoms with Gasteiger partial charge < -0.3 is 9.15 Å². The summed E-state index contributed by atoms with van der Waals surface area (Å²) in [6, 6.07) is 13.4. The minimum atomic E-state index is -0.274. The summed E-state index contributed by atoms with van der Waals surface area (Å²) in [4.78, 5) is 6.34. The number of benzene rings is 2. The molecule has 0 fully saturated rings. The Bertz CT molecular complexity index is 820. The molecule has 3 rings (SSSR count). The van der Waals surface area contributed by atoms with Gasteiger partial charge in [-0.05, 0) is 43.4 Å². The number of rotatable bonds is 7. The third-order valence-electron chi connectivity index (χ3n) is 3.62. The maximum Gasteiger partial charge on any atom is 0.209 e. The predicted octanol–water partition coefficient (Wildman–Crippen LogP) is 4.64. The van der Waals surface area contributed by atoms with Crippen LogP contribution in [-0.4, -0.2) is 30.1 Å². The molecule has 0 spiro atoms. The van der Waals surface area contributed by atoms with Crippen LogP contribution in [0.3, 0.4) is 0 Å². The summed E-state index contributed by atoms with van der Waals surface area (Å²) in [5.41, 5.74) is 0.897. The SMILES string of the molecule is CN(CCOc1ccc(F)cc1)Cc1ncc(-c2cccc(Cl)c2)o1. The van der Waals surface area contributed by atoms with Crippen LogP contribution in [0.2, 0.25) is 5.02 Å². The van der Waals surface area contributed by atoms with E-state index in [0.29, 0.717) is 42.1 Å². The van der Waals surface area contributed by atoms with E-state index in [-0.39, 0.29) is 5.82 Å². The van der Waals surface area contributed by atoms with Crippen molar-refractivity contribution in [3.05, 3.63) is 71.5 Å². The number of oxazole rings is 1. The molecule has 0 aliphatic rings. The monoisotopic (exact) mass is 360 g/mol. The van der Waals surface area contributed by atoms with Gasteiger partial charge in [-0.3, -0.25) is 4.90 Å². The van der Waals surface area contributed by atoms with Gasteiger partial charge >= 0.3 is 0 Å². The zero-order chi connectivity index (χ0) is 17.6. The van der Waals surface area contributed by atoms with Crippen molar-refractivity contribution in [2.24, 2.45) is 0 Å². The van der Waals surface area contributed by atoms with Crippen LogP contribution in [0.15, 0.2) is 59.1 Å². The summed E-state index contributed by atoms with van der Waals surface area (Å²) in [5, 5.41) is 0.658. The zero-order valence-electron chi connectivity index (χ0n) is 13.8. The van der Waals surface area contributed by atoms with Crippen LogP contribution in [0.25, 0.3) is 11.3 Å². The van der Waals surface area contributed by atoms with Gasteiger partial charge in [-0.2, -0.15) is 0 Å². The molecule has 0 saturated carbocycles. The Labute approximate surface area is 150 Å². The van der Waals surface area contributed by atoms with Crippen LogP contribution >= 0.6 is 11.6 Å². The van der Waals surface area contributed by atoms with Crippen molar-refractivity contribution in [1.29, 1.82) is 0 Å². The van der Waals surface area contributed by atoms with Gasteiger partial charge in [0.15, 0.2) is 5.76 Å². The zero-order valence-corrected chi connectivity index (χ0v) is 14.5. The number of nitrogens with zero attached hydrogens (tertiary/aromatic N) is 2. The topological polar surface area (TPSA) is 38.5 Å². The Balaban J connectivity index is 1.49. The molecule has 4 nitrogen and oxygen atoms in total. The number of halogens is 2. The first-order valence-electron chi connectivity index (χ1n) is 7.88. The van der Waals surface area contributed by atoms with Crippen molar-refractivity contribution in [2.45, 2.75) is 6.54 Å². The van der Waals surface area contributed by atoms with Crippen LogP contribution in [0, 0.1) is 5.82 Å². The van der Waals surface area contributed by atoms with E-state index in [9.17, 15) is 4.39 Å². The highest BCUT2D eigenvalue weighted by molar-refractivity contribution is 6.30. The summed E-state index contributed by atoms with van der Waals surface area (Å²) >= 11 is 6.00. The van der Waals surface area contributed by atoms with Crippen LogP contribution in [-0.2, 0) is 6.54 Å². The first-order chi connectivity index (χ1) is 12.1. The highest BCUT2D eigenvalue weighted by atomic mass is 35.5. The molecule has 0 aliphatic heterocycles. The Morgan fingerprint density at radius 3 is 2.76 bits per heavy atom. The fourth-order valence-electron chi connectivity index (χ4n) is 2.32. The van der Waals surface area contributed by atoms with E-state index in [0.717, 1.165) is 5.56 Å². The first kappa shape index (κ1) is 17.5. The molecule has 0 unspecified atom stereocenters. The van der Waals surface area contributed by atoms with Crippen LogP contribution in [0.1, 0.15) is 5.89 Å². The van der Waals surface area contributed by atoms with Gasteiger partial charge in [-0.1, -0.05) is 23.7 Å². The second kappa shape index (κ2) is 8.14. The van der Waals surface area contributed by atoms with E-state index < -0.39 is 0 Å². The standard InChI is InChI=1S/C19H18ClFN2O2/c1-23(9-10-24-17-7-5-16(21)6-8-17)13-19-22-12-18(25-19)14-3-2-4-15(20)11-14/h2-8,11-12H,9-10,13H2,1H3. The predicted molar refractivity (Wildman–Crippen MR) is 95.2 cm³/mol. The molecule has 0 saturated heterocycles. The van der Waals surface area contributed by atoms with E-state index >= 15 is 0 Å². The molecule has 1 heterocycles. The smallest absolute Gasteiger partial charge is 0.209 e. The summed E-state index contributed by atoms with van der Waals surface area (Å²) in [5.74, 6) is 1.69. The Morgan fingerprint density at radius 2 is 2.00 bits per heavy atom. The second-order valence-electron chi connectivity index (χ2n) is 5.67. The Hall–Kier alpha value is -2.37. The van der Waals surface area contributed by atoms with E-state index in [1.165, 1.54) is 12.1 Å². The third kappa shape index (κ3) is 5.05. The fourth-order valence-corrected chi connectivity index (χ4v) is 2.51. The summed E-state index contributed by atoms with van der Waals surface area (Å²) in [6.07, 6.45) is 1.70. The van der Waals surface area contributed by atoms with Gasteiger partial charge in [0.2, 0.25) is 5.89 Å². The van der Waals surface area contributed by atoms with Gasteiger partial charge in [0.05, 0.1) is 12.7 Å². The minimum absolute atomic E-state index is 0.274. The van der Waals surface area contributed by atoms with Crippen molar-refractivity contribution in [1.82, 2.24) is 9.88 Å². The Kier molecular flexibility index (Phi) is 5.68. The quantitative estimate of drug-likeness (QED) is 0.615. The fraction of sp³-hybridized carbons (Fsp3) is 0.211. The minimum Gasteiger partial charge on any atom is -0.492 e. The molecule has 2 aromatic carbocycles. The molecule has 3 aromatic rings. The summed E-state index contributed by atoms with van der Waals surface area (Å²) in [6.45, 7) is 1.74. The second-order valence-corrected chi connectivity index (χ2v) is 6.11. The lowest BCUT2D eigenvalue weighted by Gasteiger charge is -2.15. The van der Waals surface area contributed by atoms with Gasteiger partial charge in [-0.25, -0.2) is 9.37 Å². The molecule has 1 aromatic heterocycles. The highest BCUT2D eigenvalue weighted by Gasteiger charge is 2.09. The van der Waals surface area contributed by atoms with E-state index in [1.807, 2.05) is 36.2 Å². The lowest BCUT2D eigenvalue weighted by Crippen LogP contribution is -2.24. The van der Waals surface area contributed by atoms with Crippen LogP contribution in [0.4, 0.5) is 4.39 Å². The van der Waals surface area contributed by atoms with Gasteiger partial charge in [-0.15, -0.1) is 0 Å². The number of hydrogen-bond donors (Lipinski definition) is 0. The number of aromatic nitrogens is 1. The molecule has 0 aliphatic carbocycles. The largest absolute Gasteiger partial charge is 0.492 e. The first-order valence-corrected chi connectivity index (χ1v) is 8.25. The molecule has 0 N–H and O–H groups in total. The number of hydrogen-bond acceptors (Lipinski definition) is 4. The average molecular weight is 361 g/mol. The van der Waals surface area contributed by atoms with Crippen molar-refractivity contribution in [2.75, 3.05) is 20.2 Å². The molecule has 0 radical (unpaired) electrons. The number of likely N-dealkylation sites (N-methyl/N-ethyl adjacent to an activating group) is 1. The maximum atomic E-state index is 12.8. The molecule has 25 heavy (non-hydrogen) atoms. The lowest BCUT2D eigenvalue weighted by atomic mass is 10.2. The molecular formula is C19H18ClFN2O2. The van der Waals surface area contributed by atoms with Gasteiger partial charge in [0.1, 0.15) is 18.2 Å². The molecule has 6 heteroatoms. The number of ether oxygens (including phenoxy) is 1. The van der Waals surface area contributed by atoms with Crippen LogP contribution < -0.4 is 4.74 Å². The molecule has 130 valence electrons. The van der Waals surface area contributed by atoms with Crippen molar-refractivity contribution in [3.63, 3.8) is 0 Å². The van der Waals surface area contributed by atoms with Crippen LogP contribution in [0.5, 0.6) is 5.75 Å². The van der Waals surface area contributed by atoms with Crippen molar-refractivity contribution in [3.8, 4) is 17.1 Å². The molecule has 0 bridgehead atoms. The molecule has 0 atom stereocenters. The van der Waals surface area contributed by atoms with Crippen molar-refractivity contribution < 1.29 is 13.5 Å². The maximum absolute atomic E-state index is 12.8. The van der Waals surface area contributed by atoms with E-state index in [1.54, 1.807) is 18.3 Å². The van der Waals surface area contributed by atoms with E-state index in [4.69, 9.17) is 20.8 Å². The normalized spacial score (nSPS) is 11.0. The lowest BCUT2D eigenvalue weighted by molar-refractivity contribution is 0.220. The summed E-state index contributed by atoms with van der Waals surface area (Å²) in [7, 11) is 1.96. The van der Waals surface area contributed by atoms with Crippen molar-refractivity contribution >= 4 is 11.6 Å². The highest BCUT2D eigenvalue weighted by Crippen LogP contribution is 2.23. The van der Waals surface area contributed by atoms with Gasteiger partial charge in [0, 0.05) is 17.1 Å². The van der Waals surface area contributed by atoms with Gasteiger partial charge in [0.25, 0.3) is 0 Å². The molecule has 0 amide bonds. The average Bonchev–Trinajstić information content (AvgIpc) is 3.05. The third-order valence-corrected chi connectivity index (χ3v) is 3.86. The Morgan fingerprint density at radius 1 is 1.20 bits per heavy atom. The summed E-state index contributed by atoms with van der Waals surface area (Å²) < 4.78 is 24.2.